The zero-order chi connectivity index (χ0) is 22.8. The van der Waals surface area contributed by atoms with Crippen molar-refractivity contribution in [2.24, 2.45) is 14.1 Å². The molecule has 2 N–H and O–H groups in total. The number of aromatic hydroxyl groups is 1. The lowest BCUT2D eigenvalue weighted by molar-refractivity contribution is -0.113. The van der Waals surface area contributed by atoms with E-state index in [0.29, 0.717) is 22.9 Å². The number of hydrogen-bond acceptors (Lipinski definition) is 6. The van der Waals surface area contributed by atoms with Gasteiger partial charge in [0.25, 0.3) is 5.56 Å². The molecule has 0 fully saturated rings. The Morgan fingerprint density at radius 1 is 1.06 bits per heavy atom. The number of benzene rings is 2. The van der Waals surface area contributed by atoms with E-state index in [1.807, 2.05) is 30.3 Å². The van der Waals surface area contributed by atoms with E-state index in [0.717, 1.165) is 10.1 Å². The van der Waals surface area contributed by atoms with Crippen LogP contribution in [0, 0.1) is 0 Å². The molecule has 2 aromatic carbocycles. The van der Waals surface area contributed by atoms with Crippen LogP contribution in [-0.4, -0.2) is 35.5 Å². The maximum atomic E-state index is 12.9. The molecule has 0 atom stereocenters. The average Bonchev–Trinajstić information content (AvgIpc) is 3.14. The van der Waals surface area contributed by atoms with E-state index in [2.05, 4.69) is 10.3 Å². The van der Waals surface area contributed by atoms with Gasteiger partial charge in [0.2, 0.25) is 5.91 Å². The molecule has 164 valence electrons. The number of carbonyl (C=O) groups excluding carboxylic acids is 1. The average molecular weight is 452 g/mol. The molecular formula is C22H21N5O4S. The summed E-state index contributed by atoms with van der Waals surface area (Å²) in [6.07, 6.45) is 0. The van der Waals surface area contributed by atoms with Crippen LogP contribution in [0.1, 0.15) is 5.56 Å². The minimum absolute atomic E-state index is 0.0298. The molecule has 10 heteroatoms. The van der Waals surface area contributed by atoms with Gasteiger partial charge in [-0.2, -0.15) is 0 Å². The monoisotopic (exact) mass is 451 g/mol. The highest BCUT2D eigenvalue weighted by atomic mass is 32.2. The highest BCUT2D eigenvalue weighted by Crippen LogP contribution is 2.23. The Morgan fingerprint density at radius 3 is 2.53 bits per heavy atom. The Hall–Kier alpha value is -3.79. The van der Waals surface area contributed by atoms with Crippen LogP contribution in [-0.2, 0) is 25.4 Å². The van der Waals surface area contributed by atoms with Crippen molar-refractivity contribution in [3.63, 3.8) is 0 Å². The molecule has 1 amide bonds. The number of anilines is 1. The second-order valence-electron chi connectivity index (χ2n) is 7.23. The van der Waals surface area contributed by atoms with Gasteiger partial charge in [-0.15, -0.1) is 0 Å². The molecule has 0 spiro atoms. The largest absolute Gasteiger partial charge is 0.508 e. The Bertz CT molecular complexity index is 1420. The zero-order valence-corrected chi connectivity index (χ0v) is 18.3. The van der Waals surface area contributed by atoms with Gasteiger partial charge in [0.1, 0.15) is 5.75 Å². The zero-order valence-electron chi connectivity index (χ0n) is 17.5. The third-order valence-corrected chi connectivity index (χ3v) is 5.94. The normalized spacial score (nSPS) is 11.1. The van der Waals surface area contributed by atoms with E-state index in [1.54, 1.807) is 23.7 Å². The Labute approximate surface area is 187 Å². The standard InChI is InChI=1S/C22H21N5O4S/c1-25-19-18(20(30)26(2)22(25)31)27(12-14-7-4-3-5-8-14)21(24-19)32-13-17(29)23-15-9-6-10-16(28)11-15/h3-11,28H,12-13H2,1-2H3,(H,23,29). The maximum Gasteiger partial charge on any atom is 0.332 e. The van der Waals surface area contributed by atoms with Crippen molar-refractivity contribution in [1.82, 2.24) is 18.7 Å². The molecule has 2 aromatic heterocycles. The van der Waals surface area contributed by atoms with Gasteiger partial charge in [-0.25, -0.2) is 9.78 Å². The van der Waals surface area contributed by atoms with Gasteiger partial charge in [-0.05, 0) is 17.7 Å². The van der Waals surface area contributed by atoms with E-state index in [4.69, 9.17) is 0 Å². The fraction of sp³-hybridized carbons (Fsp3) is 0.182. The summed E-state index contributed by atoms with van der Waals surface area (Å²) in [7, 11) is 2.99. The third kappa shape index (κ3) is 4.17. The molecule has 0 saturated heterocycles. The van der Waals surface area contributed by atoms with E-state index >= 15 is 0 Å². The SMILES string of the molecule is Cn1c(=O)c2c(nc(SCC(=O)Nc3cccc(O)c3)n2Cc2ccccc2)n(C)c1=O. The van der Waals surface area contributed by atoms with Crippen LogP contribution in [0.2, 0.25) is 0 Å². The number of hydrogen-bond donors (Lipinski definition) is 2. The molecule has 0 radical (unpaired) electrons. The van der Waals surface area contributed by atoms with Crippen molar-refractivity contribution in [3.05, 3.63) is 81.0 Å². The first-order valence-corrected chi connectivity index (χ1v) is 10.8. The lowest BCUT2D eigenvalue weighted by atomic mass is 10.2. The molecule has 0 unspecified atom stereocenters. The Kier molecular flexibility index (Phi) is 5.87. The fourth-order valence-corrected chi connectivity index (χ4v) is 4.16. The number of fused-ring (bicyclic) bond motifs is 1. The van der Waals surface area contributed by atoms with Gasteiger partial charge < -0.3 is 15.0 Å². The molecule has 4 aromatic rings. The molecule has 4 rings (SSSR count). The molecule has 0 aliphatic rings. The van der Waals surface area contributed by atoms with Gasteiger partial charge in [0.15, 0.2) is 16.3 Å². The van der Waals surface area contributed by atoms with Crippen LogP contribution in [0.5, 0.6) is 5.75 Å². The number of nitrogens with one attached hydrogen (secondary N) is 1. The van der Waals surface area contributed by atoms with Crippen molar-refractivity contribution >= 4 is 34.5 Å². The molecule has 0 bridgehead atoms. The number of thioether (sulfide) groups is 1. The van der Waals surface area contributed by atoms with E-state index < -0.39 is 11.2 Å². The molecule has 2 heterocycles. The van der Waals surface area contributed by atoms with Crippen LogP contribution in [0.15, 0.2) is 69.3 Å². The van der Waals surface area contributed by atoms with Gasteiger partial charge in [0, 0.05) is 25.8 Å². The van der Waals surface area contributed by atoms with Crippen LogP contribution in [0.4, 0.5) is 5.69 Å². The van der Waals surface area contributed by atoms with Crippen LogP contribution in [0.3, 0.4) is 0 Å². The number of aromatic nitrogens is 4. The van der Waals surface area contributed by atoms with Crippen LogP contribution < -0.4 is 16.6 Å². The van der Waals surface area contributed by atoms with E-state index in [-0.39, 0.29) is 23.1 Å². The summed E-state index contributed by atoms with van der Waals surface area (Å²) in [5, 5.41) is 12.7. The summed E-state index contributed by atoms with van der Waals surface area (Å²) in [4.78, 5) is 42.2. The van der Waals surface area contributed by atoms with Crippen molar-refractivity contribution in [2.45, 2.75) is 11.7 Å². The number of rotatable bonds is 6. The summed E-state index contributed by atoms with van der Waals surface area (Å²) in [5.41, 5.74) is 1.09. The lowest BCUT2D eigenvalue weighted by Gasteiger charge is -2.10. The maximum absolute atomic E-state index is 12.9. The number of phenols is 1. The minimum atomic E-state index is -0.468. The number of nitrogens with zero attached hydrogens (tertiary/aromatic N) is 4. The van der Waals surface area contributed by atoms with Crippen LogP contribution in [0.25, 0.3) is 11.2 Å². The summed E-state index contributed by atoms with van der Waals surface area (Å²) in [5.74, 6) is -0.209. The van der Waals surface area contributed by atoms with Crippen molar-refractivity contribution in [1.29, 1.82) is 0 Å². The highest BCUT2D eigenvalue weighted by molar-refractivity contribution is 7.99. The quantitative estimate of drug-likeness (QED) is 0.433. The predicted molar refractivity (Wildman–Crippen MR) is 123 cm³/mol. The van der Waals surface area contributed by atoms with Gasteiger partial charge in [0.05, 0.1) is 12.3 Å². The summed E-state index contributed by atoms with van der Waals surface area (Å²) in [6.45, 7) is 0.362. The smallest absolute Gasteiger partial charge is 0.332 e. The molecule has 0 aliphatic carbocycles. The second-order valence-corrected chi connectivity index (χ2v) is 8.17. The number of carbonyl (C=O) groups is 1. The first-order chi connectivity index (χ1) is 15.3. The second kappa shape index (κ2) is 8.75. The summed E-state index contributed by atoms with van der Waals surface area (Å²) >= 11 is 1.17. The number of amides is 1. The summed E-state index contributed by atoms with van der Waals surface area (Å²) in [6, 6.07) is 15.8. The third-order valence-electron chi connectivity index (χ3n) is 4.96. The topological polar surface area (TPSA) is 111 Å². The number of aryl methyl sites for hydroxylation is 1. The van der Waals surface area contributed by atoms with E-state index in [9.17, 15) is 19.5 Å². The van der Waals surface area contributed by atoms with E-state index in [1.165, 1.54) is 35.5 Å². The lowest BCUT2D eigenvalue weighted by Crippen LogP contribution is -2.37. The fourth-order valence-electron chi connectivity index (χ4n) is 3.36. The van der Waals surface area contributed by atoms with Gasteiger partial charge >= 0.3 is 5.69 Å². The van der Waals surface area contributed by atoms with Gasteiger partial charge in [-0.3, -0.25) is 18.7 Å². The minimum Gasteiger partial charge on any atom is -0.508 e. The molecule has 0 saturated carbocycles. The van der Waals surface area contributed by atoms with Crippen LogP contribution >= 0.6 is 11.8 Å². The molecule has 0 aliphatic heterocycles. The summed E-state index contributed by atoms with van der Waals surface area (Å²) < 4.78 is 4.11. The number of imidazole rings is 1. The first kappa shape index (κ1) is 21.4. The van der Waals surface area contributed by atoms with Crippen molar-refractivity contribution in [3.8, 4) is 5.75 Å². The highest BCUT2D eigenvalue weighted by Gasteiger charge is 2.20. The molecule has 32 heavy (non-hydrogen) atoms. The molecule has 9 nitrogen and oxygen atoms in total. The first-order valence-electron chi connectivity index (χ1n) is 9.77. The predicted octanol–water partition coefficient (Wildman–Crippen LogP) is 1.92. The number of phenolic OH excluding ortho intramolecular Hbond substituents is 1. The molecular weight excluding hydrogens is 430 g/mol. The van der Waals surface area contributed by atoms with Crippen molar-refractivity contribution in [2.75, 3.05) is 11.1 Å². The Balaban J connectivity index is 1.69. The van der Waals surface area contributed by atoms with Crippen molar-refractivity contribution < 1.29 is 9.90 Å². The van der Waals surface area contributed by atoms with Gasteiger partial charge in [-0.1, -0.05) is 48.2 Å². The Morgan fingerprint density at radius 2 is 1.81 bits per heavy atom.